The van der Waals surface area contributed by atoms with Gasteiger partial charge in [0.25, 0.3) is 0 Å². The molecule has 1 aromatic heterocycles. The van der Waals surface area contributed by atoms with Crippen molar-refractivity contribution in [2.45, 2.75) is 39.1 Å². The van der Waals surface area contributed by atoms with E-state index in [0.29, 0.717) is 5.56 Å². The number of esters is 1. The minimum Gasteiger partial charge on any atom is -0.458 e. The predicted octanol–water partition coefficient (Wildman–Crippen LogP) is 4.08. The first-order valence-corrected chi connectivity index (χ1v) is 7.10. The number of benzene rings is 1. The molecule has 4 nitrogen and oxygen atoms in total. The quantitative estimate of drug-likeness (QED) is 0.795. The molecule has 1 atom stereocenters. The minimum absolute atomic E-state index is 0.256. The SMILES string of the molecule is CC(C)OC(=O)c1cncn1C(C)c1ccc(C(F)(F)F)cc1. The highest BCUT2D eigenvalue weighted by Crippen LogP contribution is 2.30. The number of nitrogens with zero attached hydrogens (tertiary/aromatic N) is 2. The van der Waals surface area contributed by atoms with E-state index < -0.39 is 17.7 Å². The molecule has 124 valence electrons. The smallest absolute Gasteiger partial charge is 0.416 e. The lowest BCUT2D eigenvalue weighted by Crippen LogP contribution is -2.18. The molecule has 0 saturated heterocycles. The monoisotopic (exact) mass is 326 g/mol. The highest BCUT2D eigenvalue weighted by atomic mass is 19.4. The number of alkyl halides is 3. The van der Waals surface area contributed by atoms with E-state index in [1.165, 1.54) is 24.7 Å². The molecule has 0 fully saturated rings. The summed E-state index contributed by atoms with van der Waals surface area (Å²) in [6, 6.07) is 4.48. The van der Waals surface area contributed by atoms with E-state index in [0.717, 1.165) is 12.1 Å². The van der Waals surface area contributed by atoms with Gasteiger partial charge in [-0.05, 0) is 38.5 Å². The van der Waals surface area contributed by atoms with E-state index in [1.54, 1.807) is 25.3 Å². The summed E-state index contributed by atoms with van der Waals surface area (Å²) in [6.07, 6.45) is -1.81. The summed E-state index contributed by atoms with van der Waals surface area (Å²) in [5.41, 5.74) is 0.180. The fourth-order valence-electron chi connectivity index (χ4n) is 2.16. The first kappa shape index (κ1) is 17.1. The molecule has 0 aliphatic carbocycles. The molecule has 0 amide bonds. The van der Waals surface area contributed by atoms with E-state index in [1.807, 2.05) is 0 Å². The Morgan fingerprint density at radius 2 is 1.78 bits per heavy atom. The molecular weight excluding hydrogens is 309 g/mol. The molecule has 0 aliphatic rings. The van der Waals surface area contributed by atoms with Crippen molar-refractivity contribution in [1.29, 1.82) is 0 Å². The first-order valence-electron chi connectivity index (χ1n) is 7.10. The number of rotatable bonds is 4. The number of halogens is 3. The van der Waals surface area contributed by atoms with Crippen molar-refractivity contribution in [2.24, 2.45) is 0 Å². The van der Waals surface area contributed by atoms with Crippen LogP contribution in [0.5, 0.6) is 0 Å². The Morgan fingerprint density at radius 3 is 2.30 bits per heavy atom. The number of ether oxygens (including phenoxy) is 1. The number of aromatic nitrogens is 2. The standard InChI is InChI=1S/C16H17F3N2O2/c1-10(2)23-15(22)14-8-20-9-21(14)11(3)12-4-6-13(7-5-12)16(17,18)19/h4-11H,1-3H3. The van der Waals surface area contributed by atoms with Crippen molar-refractivity contribution in [1.82, 2.24) is 9.55 Å². The maximum Gasteiger partial charge on any atom is 0.416 e. The molecule has 0 saturated carbocycles. The summed E-state index contributed by atoms with van der Waals surface area (Å²) >= 11 is 0. The van der Waals surface area contributed by atoms with Crippen molar-refractivity contribution in [3.8, 4) is 0 Å². The lowest BCUT2D eigenvalue weighted by molar-refractivity contribution is -0.137. The van der Waals surface area contributed by atoms with Crippen molar-refractivity contribution in [2.75, 3.05) is 0 Å². The van der Waals surface area contributed by atoms with Crippen LogP contribution in [0.2, 0.25) is 0 Å². The maximum absolute atomic E-state index is 12.6. The summed E-state index contributed by atoms with van der Waals surface area (Å²) in [6.45, 7) is 5.24. The van der Waals surface area contributed by atoms with Gasteiger partial charge in [0, 0.05) is 0 Å². The Bertz CT molecular complexity index is 675. The number of carbonyl (C=O) groups excluding carboxylic acids is 1. The molecule has 1 aromatic carbocycles. The molecular formula is C16H17F3N2O2. The van der Waals surface area contributed by atoms with Gasteiger partial charge >= 0.3 is 12.1 Å². The maximum atomic E-state index is 12.6. The number of hydrogen-bond acceptors (Lipinski definition) is 3. The Hall–Kier alpha value is -2.31. The zero-order valence-corrected chi connectivity index (χ0v) is 13.0. The number of hydrogen-bond donors (Lipinski definition) is 0. The van der Waals surface area contributed by atoms with Crippen molar-refractivity contribution in [3.63, 3.8) is 0 Å². The number of carbonyl (C=O) groups is 1. The van der Waals surface area contributed by atoms with E-state index in [2.05, 4.69) is 4.98 Å². The largest absolute Gasteiger partial charge is 0.458 e. The fourth-order valence-corrected chi connectivity index (χ4v) is 2.16. The topological polar surface area (TPSA) is 44.1 Å². The third-order valence-electron chi connectivity index (χ3n) is 3.36. The molecule has 2 aromatic rings. The molecule has 23 heavy (non-hydrogen) atoms. The van der Waals surface area contributed by atoms with Crippen LogP contribution >= 0.6 is 0 Å². The zero-order valence-electron chi connectivity index (χ0n) is 13.0. The van der Waals surface area contributed by atoms with E-state index in [4.69, 9.17) is 4.74 Å². The first-order chi connectivity index (χ1) is 10.7. The lowest BCUT2D eigenvalue weighted by atomic mass is 10.1. The molecule has 0 radical (unpaired) electrons. The van der Waals surface area contributed by atoms with Gasteiger partial charge in [0.15, 0.2) is 0 Å². The summed E-state index contributed by atoms with van der Waals surface area (Å²) < 4.78 is 44.5. The van der Waals surface area contributed by atoms with Gasteiger partial charge < -0.3 is 9.30 Å². The van der Waals surface area contributed by atoms with E-state index in [9.17, 15) is 18.0 Å². The van der Waals surface area contributed by atoms with Crippen molar-refractivity contribution < 1.29 is 22.7 Å². The van der Waals surface area contributed by atoms with Gasteiger partial charge in [0.05, 0.1) is 30.2 Å². The molecule has 0 bridgehead atoms. The predicted molar refractivity (Wildman–Crippen MR) is 78.0 cm³/mol. The molecule has 7 heteroatoms. The Balaban J connectivity index is 2.26. The molecule has 0 spiro atoms. The van der Waals surface area contributed by atoms with Crippen LogP contribution in [0.4, 0.5) is 13.2 Å². The minimum atomic E-state index is -4.37. The van der Waals surface area contributed by atoms with Crippen LogP contribution in [-0.2, 0) is 10.9 Å². The Labute approximate surface area is 131 Å². The molecule has 1 unspecified atom stereocenters. The third-order valence-corrected chi connectivity index (χ3v) is 3.36. The Kier molecular flexibility index (Phi) is 4.77. The molecule has 2 rings (SSSR count). The summed E-state index contributed by atoms with van der Waals surface area (Å²) in [5.74, 6) is -0.517. The summed E-state index contributed by atoms with van der Waals surface area (Å²) in [4.78, 5) is 16.0. The van der Waals surface area contributed by atoms with Gasteiger partial charge in [-0.15, -0.1) is 0 Å². The summed E-state index contributed by atoms with van der Waals surface area (Å²) in [7, 11) is 0. The van der Waals surface area contributed by atoms with Gasteiger partial charge in [-0.3, -0.25) is 0 Å². The average Bonchev–Trinajstić information content (AvgIpc) is 2.94. The molecule has 0 N–H and O–H groups in total. The number of imidazole rings is 1. The van der Waals surface area contributed by atoms with Crippen LogP contribution in [0.3, 0.4) is 0 Å². The van der Waals surface area contributed by atoms with Gasteiger partial charge in [-0.25, -0.2) is 9.78 Å². The van der Waals surface area contributed by atoms with Crippen LogP contribution in [0, 0.1) is 0 Å². The van der Waals surface area contributed by atoms with Crippen LogP contribution < -0.4 is 0 Å². The van der Waals surface area contributed by atoms with Gasteiger partial charge in [0.1, 0.15) is 5.69 Å². The lowest BCUT2D eigenvalue weighted by Gasteiger charge is -2.18. The molecule has 1 heterocycles. The fraction of sp³-hybridized carbons (Fsp3) is 0.375. The van der Waals surface area contributed by atoms with Crippen LogP contribution in [0.1, 0.15) is 48.4 Å². The van der Waals surface area contributed by atoms with Gasteiger partial charge in [0.2, 0.25) is 0 Å². The second kappa shape index (κ2) is 6.44. The Morgan fingerprint density at radius 1 is 1.17 bits per heavy atom. The highest BCUT2D eigenvalue weighted by molar-refractivity contribution is 5.87. The van der Waals surface area contributed by atoms with Crippen molar-refractivity contribution in [3.05, 3.63) is 53.6 Å². The molecule has 0 aliphatic heterocycles. The normalized spacial score (nSPS) is 13.2. The van der Waals surface area contributed by atoms with E-state index >= 15 is 0 Å². The average molecular weight is 326 g/mol. The van der Waals surface area contributed by atoms with Crippen LogP contribution in [0.15, 0.2) is 36.8 Å². The van der Waals surface area contributed by atoms with Crippen molar-refractivity contribution >= 4 is 5.97 Å². The van der Waals surface area contributed by atoms with Gasteiger partial charge in [-0.1, -0.05) is 12.1 Å². The van der Waals surface area contributed by atoms with Crippen LogP contribution in [-0.4, -0.2) is 21.6 Å². The third kappa shape index (κ3) is 3.91. The highest BCUT2D eigenvalue weighted by Gasteiger charge is 2.30. The summed E-state index contributed by atoms with van der Waals surface area (Å²) in [5, 5.41) is 0. The van der Waals surface area contributed by atoms with Gasteiger partial charge in [-0.2, -0.15) is 13.2 Å². The van der Waals surface area contributed by atoms with Crippen LogP contribution in [0.25, 0.3) is 0 Å². The second-order valence-corrected chi connectivity index (χ2v) is 5.44. The van der Waals surface area contributed by atoms with E-state index in [-0.39, 0.29) is 17.8 Å². The zero-order chi connectivity index (χ0) is 17.2. The second-order valence-electron chi connectivity index (χ2n) is 5.44.